The molecule has 2 aromatic carbocycles. The summed E-state index contributed by atoms with van der Waals surface area (Å²) in [5.41, 5.74) is 10.5. The van der Waals surface area contributed by atoms with E-state index < -0.39 is 0 Å². The van der Waals surface area contributed by atoms with Crippen molar-refractivity contribution >= 4 is 22.4 Å². The maximum atomic E-state index is 5.97. The molecule has 3 aromatic rings. The van der Waals surface area contributed by atoms with Gasteiger partial charge in [0.1, 0.15) is 5.82 Å². The second kappa shape index (κ2) is 4.77. The average molecular weight is 275 g/mol. The van der Waals surface area contributed by atoms with Crippen LogP contribution in [0.15, 0.2) is 54.6 Å². The Labute approximate surface area is 123 Å². The van der Waals surface area contributed by atoms with Gasteiger partial charge in [0, 0.05) is 11.1 Å². The minimum Gasteiger partial charge on any atom is -0.398 e. The number of nitrogens with one attached hydrogen (secondary N) is 1. The van der Waals surface area contributed by atoms with E-state index >= 15 is 0 Å². The van der Waals surface area contributed by atoms with Gasteiger partial charge in [0.2, 0.25) is 0 Å². The number of anilines is 2. The fraction of sp³-hybridized carbons (Fsp3) is 0.167. The molecule has 0 bridgehead atoms. The molecule has 0 spiro atoms. The molecule has 3 heteroatoms. The predicted molar refractivity (Wildman–Crippen MR) is 87.3 cm³/mol. The van der Waals surface area contributed by atoms with E-state index in [-0.39, 0.29) is 0 Å². The maximum Gasteiger partial charge on any atom is 0.127 e. The van der Waals surface area contributed by atoms with Crippen molar-refractivity contribution in [2.75, 3.05) is 11.1 Å². The lowest BCUT2D eigenvalue weighted by Gasteiger charge is -2.15. The zero-order valence-corrected chi connectivity index (χ0v) is 11.7. The van der Waals surface area contributed by atoms with E-state index in [1.165, 1.54) is 11.1 Å². The maximum absolute atomic E-state index is 5.97. The molecule has 1 aliphatic rings. The third-order valence-corrected chi connectivity index (χ3v) is 4.22. The summed E-state index contributed by atoms with van der Waals surface area (Å²) in [4.78, 5) is 4.68. The van der Waals surface area contributed by atoms with E-state index in [1.54, 1.807) is 0 Å². The normalized spacial score (nSPS) is 16.9. The van der Waals surface area contributed by atoms with E-state index in [4.69, 9.17) is 5.73 Å². The Bertz CT molecular complexity index is 810. The van der Waals surface area contributed by atoms with Crippen molar-refractivity contribution in [3.8, 4) is 0 Å². The lowest BCUT2D eigenvalue weighted by Crippen LogP contribution is -2.08. The summed E-state index contributed by atoms with van der Waals surface area (Å²) in [6.45, 7) is 0. The first-order chi connectivity index (χ1) is 10.3. The molecule has 104 valence electrons. The fourth-order valence-electron chi connectivity index (χ4n) is 3.14. The van der Waals surface area contributed by atoms with E-state index in [9.17, 15) is 0 Å². The molecular weight excluding hydrogens is 258 g/mol. The zero-order chi connectivity index (χ0) is 14.2. The van der Waals surface area contributed by atoms with Gasteiger partial charge in [-0.25, -0.2) is 4.98 Å². The number of pyridine rings is 1. The van der Waals surface area contributed by atoms with Crippen LogP contribution in [0.3, 0.4) is 0 Å². The van der Waals surface area contributed by atoms with Crippen molar-refractivity contribution in [2.45, 2.75) is 18.9 Å². The van der Waals surface area contributed by atoms with Gasteiger partial charge in [0.15, 0.2) is 0 Å². The van der Waals surface area contributed by atoms with Crippen molar-refractivity contribution < 1.29 is 0 Å². The highest BCUT2D eigenvalue weighted by Crippen LogP contribution is 2.33. The highest BCUT2D eigenvalue weighted by Gasteiger charge is 2.21. The molecule has 21 heavy (non-hydrogen) atoms. The number of nitrogens with zero attached hydrogens (tertiary/aromatic N) is 1. The number of hydrogen-bond acceptors (Lipinski definition) is 3. The van der Waals surface area contributed by atoms with E-state index in [2.05, 4.69) is 34.6 Å². The molecule has 4 rings (SSSR count). The highest BCUT2D eigenvalue weighted by atomic mass is 15.0. The molecule has 0 saturated carbocycles. The molecule has 0 fully saturated rings. The van der Waals surface area contributed by atoms with Crippen LogP contribution in [0.1, 0.15) is 23.6 Å². The van der Waals surface area contributed by atoms with Crippen molar-refractivity contribution in [2.24, 2.45) is 0 Å². The first kappa shape index (κ1) is 12.2. The van der Waals surface area contributed by atoms with Gasteiger partial charge in [-0.2, -0.15) is 0 Å². The van der Waals surface area contributed by atoms with Gasteiger partial charge >= 0.3 is 0 Å². The van der Waals surface area contributed by atoms with Crippen LogP contribution in [0.5, 0.6) is 0 Å². The fourth-order valence-corrected chi connectivity index (χ4v) is 3.14. The van der Waals surface area contributed by atoms with Gasteiger partial charge in [-0.05, 0) is 48.2 Å². The molecule has 3 nitrogen and oxygen atoms in total. The van der Waals surface area contributed by atoms with Crippen LogP contribution in [0.4, 0.5) is 11.5 Å². The summed E-state index contributed by atoms with van der Waals surface area (Å²) in [5.74, 6) is 0.912. The topological polar surface area (TPSA) is 50.9 Å². The predicted octanol–water partition coefficient (Wildman–Crippen LogP) is 3.92. The summed E-state index contributed by atoms with van der Waals surface area (Å²) in [6, 6.07) is 18.9. The molecule has 0 radical (unpaired) electrons. The number of benzene rings is 2. The number of fused-ring (bicyclic) bond motifs is 2. The smallest absolute Gasteiger partial charge is 0.127 e. The van der Waals surface area contributed by atoms with Crippen molar-refractivity contribution in [1.29, 1.82) is 0 Å². The second-order valence-electron chi connectivity index (χ2n) is 5.54. The zero-order valence-electron chi connectivity index (χ0n) is 11.7. The number of nitrogens with two attached hydrogens (primary N) is 1. The quantitative estimate of drug-likeness (QED) is 0.697. The Morgan fingerprint density at radius 1 is 1.00 bits per heavy atom. The van der Waals surface area contributed by atoms with Gasteiger partial charge in [-0.15, -0.1) is 0 Å². The van der Waals surface area contributed by atoms with Gasteiger partial charge in [0.05, 0.1) is 11.6 Å². The van der Waals surface area contributed by atoms with Crippen LogP contribution in [0, 0.1) is 0 Å². The molecule has 1 aromatic heterocycles. The summed E-state index contributed by atoms with van der Waals surface area (Å²) < 4.78 is 0. The monoisotopic (exact) mass is 275 g/mol. The van der Waals surface area contributed by atoms with Gasteiger partial charge < -0.3 is 11.1 Å². The van der Waals surface area contributed by atoms with Crippen molar-refractivity contribution in [3.05, 3.63) is 65.7 Å². The number of hydrogen-bond donors (Lipinski definition) is 2. The number of aryl methyl sites for hydroxylation is 1. The van der Waals surface area contributed by atoms with E-state index in [0.717, 1.165) is 35.2 Å². The molecule has 0 saturated heterocycles. The molecule has 1 unspecified atom stereocenters. The largest absolute Gasteiger partial charge is 0.398 e. The minimum absolute atomic E-state index is 0.354. The standard InChI is InChI=1S/C18H17N3/c19-15-6-3-7-16-14(15)9-11-18(20-16)21-17-10-8-12-4-1-2-5-13(12)17/h1-7,9,11,17H,8,10,19H2,(H,20,21). The third-order valence-electron chi connectivity index (χ3n) is 4.22. The van der Waals surface area contributed by atoms with Crippen LogP contribution in [0.25, 0.3) is 10.9 Å². The molecule has 3 N–H and O–H groups in total. The third kappa shape index (κ3) is 2.11. The number of nitrogen functional groups attached to an aromatic ring is 1. The van der Waals surface area contributed by atoms with Crippen LogP contribution in [-0.2, 0) is 6.42 Å². The van der Waals surface area contributed by atoms with Crippen LogP contribution in [-0.4, -0.2) is 4.98 Å². The summed E-state index contributed by atoms with van der Waals surface area (Å²) in [6.07, 6.45) is 2.25. The average Bonchev–Trinajstić information content (AvgIpc) is 2.91. The minimum atomic E-state index is 0.354. The van der Waals surface area contributed by atoms with Crippen LogP contribution >= 0.6 is 0 Å². The lowest BCUT2D eigenvalue weighted by atomic mass is 10.1. The van der Waals surface area contributed by atoms with Crippen LogP contribution < -0.4 is 11.1 Å². The van der Waals surface area contributed by atoms with E-state index in [0.29, 0.717) is 6.04 Å². The second-order valence-corrected chi connectivity index (χ2v) is 5.54. The van der Waals surface area contributed by atoms with Gasteiger partial charge in [-0.1, -0.05) is 30.3 Å². The van der Waals surface area contributed by atoms with Crippen LogP contribution in [0.2, 0.25) is 0 Å². The summed E-state index contributed by atoms with van der Waals surface area (Å²) in [7, 11) is 0. The molecule has 1 aliphatic carbocycles. The van der Waals surface area contributed by atoms with Gasteiger partial charge in [0.25, 0.3) is 0 Å². The Hall–Kier alpha value is -2.55. The number of aromatic nitrogens is 1. The number of rotatable bonds is 2. The Morgan fingerprint density at radius 3 is 2.86 bits per heavy atom. The Balaban J connectivity index is 1.67. The lowest BCUT2D eigenvalue weighted by molar-refractivity contribution is 0.758. The van der Waals surface area contributed by atoms with Crippen molar-refractivity contribution in [3.63, 3.8) is 0 Å². The molecular formula is C18H17N3. The molecule has 1 atom stereocenters. The summed E-state index contributed by atoms with van der Waals surface area (Å²) >= 11 is 0. The Kier molecular flexibility index (Phi) is 2.78. The molecule has 1 heterocycles. The molecule has 0 aliphatic heterocycles. The molecule has 0 amide bonds. The first-order valence-corrected chi connectivity index (χ1v) is 7.31. The van der Waals surface area contributed by atoms with Crippen molar-refractivity contribution in [1.82, 2.24) is 4.98 Å². The summed E-state index contributed by atoms with van der Waals surface area (Å²) in [5, 5.41) is 4.57. The van der Waals surface area contributed by atoms with E-state index in [1.807, 2.05) is 30.3 Å². The SMILES string of the molecule is Nc1cccc2nc(NC3CCc4ccccc43)ccc12. The van der Waals surface area contributed by atoms with Gasteiger partial charge in [-0.3, -0.25) is 0 Å². The highest BCUT2D eigenvalue weighted by molar-refractivity contribution is 5.91. The Morgan fingerprint density at radius 2 is 1.90 bits per heavy atom. The first-order valence-electron chi connectivity index (χ1n) is 7.31.